The van der Waals surface area contributed by atoms with Gasteiger partial charge in [0.05, 0.1) is 0 Å². The Hall–Kier alpha value is -2.31. The van der Waals surface area contributed by atoms with Crippen molar-refractivity contribution in [1.82, 2.24) is 4.90 Å². The van der Waals surface area contributed by atoms with Gasteiger partial charge >= 0.3 is 6.18 Å². The Morgan fingerprint density at radius 1 is 1.26 bits per heavy atom. The number of amidine groups is 1. The zero-order valence-electron chi connectivity index (χ0n) is 9.77. The van der Waals surface area contributed by atoms with Crippen molar-refractivity contribution < 1.29 is 23.1 Å². The second-order valence-electron chi connectivity index (χ2n) is 3.92. The highest BCUT2D eigenvalue weighted by molar-refractivity contribution is 6.15. The highest BCUT2D eigenvalue weighted by atomic mass is 19.4. The number of aliphatic imine (C=N–C) groups is 1. The maximum Gasteiger partial charge on any atom is 0.449 e. The van der Waals surface area contributed by atoms with Crippen molar-refractivity contribution >= 4 is 17.8 Å². The zero-order chi connectivity index (χ0) is 14.2. The summed E-state index contributed by atoms with van der Waals surface area (Å²) in [7, 11) is 1.02. The molecule has 0 spiro atoms. The monoisotopic (exact) mass is 270 g/mol. The molecule has 1 N–H and O–H groups in total. The van der Waals surface area contributed by atoms with E-state index in [1.54, 1.807) is 0 Å². The maximum atomic E-state index is 12.6. The number of phenols is 1. The van der Waals surface area contributed by atoms with E-state index < -0.39 is 17.9 Å². The van der Waals surface area contributed by atoms with E-state index in [2.05, 4.69) is 4.99 Å². The third kappa shape index (κ3) is 2.59. The molecule has 0 aromatic heterocycles. The van der Waals surface area contributed by atoms with Gasteiger partial charge in [-0.05, 0) is 23.8 Å². The van der Waals surface area contributed by atoms with E-state index in [-0.39, 0.29) is 11.4 Å². The lowest BCUT2D eigenvalue weighted by Gasteiger charge is -2.13. The highest BCUT2D eigenvalue weighted by Crippen LogP contribution is 2.27. The molecule has 1 aliphatic heterocycles. The fourth-order valence-electron chi connectivity index (χ4n) is 1.58. The lowest BCUT2D eigenvalue weighted by atomic mass is 10.2. The minimum Gasteiger partial charge on any atom is -0.508 e. The number of benzene rings is 1. The summed E-state index contributed by atoms with van der Waals surface area (Å²) in [4.78, 5) is 15.4. The van der Waals surface area contributed by atoms with Gasteiger partial charge in [-0.3, -0.25) is 9.69 Å². The van der Waals surface area contributed by atoms with Crippen LogP contribution in [0.3, 0.4) is 0 Å². The van der Waals surface area contributed by atoms with Gasteiger partial charge in [-0.15, -0.1) is 0 Å². The number of likely N-dealkylation sites (N-methyl/N-ethyl adjacent to an activating group) is 1. The largest absolute Gasteiger partial charge is 0.508 e. The van der Waals surface area contributed by atoms with Crippen LogP contribution in [0.5, 0.6) is 5.75 Å². The maximum absolute atomic E-state index is 12.6. The third-order valence-electron chi connectivity index (χ3n) is 2.52. The van der Waals surface area contributed by atoms with Crippen LogP contribution < -0.4 is 0 Å². The quantitative estimate of drug-likeness (QED) is 0.795. The van der Waals surface area contributed by atoms with E-state index in [4.69, 9.17) is 5.11 Å². The van der Waals surface area contributed by atoms with E-state index in [0.717, 1.165) is 7.05 Å². The number of hydrogen-bond acceptors (Lipinski definition) is 3. The van der Waals surface area contributed by atoms with Gasteiger partial charge in [0.1, 0.15) is 11.4 Å². The molecular formula is C12H9F3N2O2. The molecule has 0 atom stereocenters. The summed E-state index contributed by atoms with van der Waals surface area (Å²) in [6, 6.07) is 5.67. The number of amides is 1. The van der Waals surface area contributed by atoms with Crippen LogP contribution in [0.15, 0.2) is 35.0 Å². The first-order chi connectivity index (χ1) is 8.79. The fourth-order valence-corrected chi connectivity index (χ4v) is 1.58. The van der Waals surface area contributed by atoms with E-state index in [1.165, 1.54) is 30.3 Å². The van der Waals surface area contributed by atoms with E-state index in [1.807, 2.05) is 0 Å². The third-order valence-corrected chi connectivity index (χ3v) is 2.52. The van der Waals surface area contributed by atoms with Crippen molar-refractivity contribution in [3.8, 4) is 5.75 Å². The van der Waals surface area contributed by atoms with Gasteiger partial charge in [-0.1, -0.05) is 12.1 Å². The van der Waals surface area contributed by atoms with Gasteiger partial charge in [0.15, 0.2) is 0 Å². The Kier molecular flexibility index (Phi) is 3.05. The molecule has 0 radical (unpaired) electrons. The lowest BCUT2D eigenvalue weighted by molar-refractivity contribution is -0.124. The topological polar surface area (TPSA) is 52.9 Å². The average molecular weight is 270 g/mol. The van der Waals surface area contributed by atoms with Crippen LogP contribution in [0.25, 0.3) is 6.08 Å². The first-order valence-electron chi connectivity index (χ1n) is 5.24. The predicted molar refractivity (Wildman–Crippen MR) is 62.3 cm³/mol. The number of carbonyl (C=O) groups is 1. The van der Waals surface area contributed by atoms with Crippen LogP contribution in [-0.4, -0.2) is 35.0 Å². The molecule has 1 aromatic rings. The summed E-state index contributed by atoms with van der Waals surface area (Å²) >= 11 is 0. The molecule has 1 amide bonds. The van der Waals surface area contributed by atoms with Gasteiger partial charge in [0.25, 0.3) is 5.91 Å². The average Bonchev–Trinajstić information content (AvgIpc) is 2.60. The van der Waals surface area contributed by atoms with Crippen molar-refractivity contribution in [1.29, 1.82) is 0 Å². The summed E-state index contributed by atoms with van der Waals surface area (Å²) in [5.74, 6) is -2.03. The molecule has 19 heavy (non-hydrogen) atoms. The molecule has 1 aromatic carbocycles. The fraction of sp³-hybridized carbons (Fsp3) is 0.167. The van der Waals surface area contributed by atoms with Gasteiger partial charge < -0.3 is 5.11 Å². The predicted octanol–water partition coefficient (Wildman–Crippen LogP) is 2.17. The molecular weight excluding hydrogens is 261 g/mol. The van der Waals surface area contributed by atoms with E-state index in [0.29, 0.717) is 10.5 Å². The van der Waals surface area contributed by atoms with Crippen molar-refractivity contribution in [2.75, 3.05) is 7.05 Å². The van der Waals surface area contributed by atoms with Crippen LogP contribution in [0.1, 0.15) is 5.56 Å². The SMILES string of the molecule is CN1C(=O)/C(=C/c2ccc(O)cc2)N=C1C(F)(F)F. The zero-order valence-corrected chi connectivity index (χ0v) is 9.77. The molecule has 0 unspecified atom stereocenters. The summed E-state index contributed by atoms with van der Waals surface area (Å²) < 4.78 is 37.7. The Balaban J connectivity index is 2.38. The molecule has 0 bridgehead atoms. The number of rotatable bonds is 1. The van der Waals surface area contributed by atoms with Crippen molar-refractivity contribution in [3.05, 3.63) is 35.5 Å². The van der Waals surface area contributed by atoms with Crippen LogP contribution >= 0.6 is 0 Å². The first-order valence-corrected chi connectivity index (χ1v) is 5.24. The summed E-state index contributed by atoms with van der Waals surface area (Å²) in [5, 5.41) is 9.09. The van der Waals surface area contributed by atoms with Crippen molar-refractivity contribution in [2.24, 2.45) is 4.99 Å². The molecule has 100 valence electrons. The van der Waals surface area contributed by atoms with Crippen LogP contribution in [0, 0.1) is 0 Å². The molecule has 1 heterocycles. The first kappa shape index (κ1) is 13.1. The Morgan fingerprint density at radius 2 is 1.84 bits per heavy atom. The Morgan fingerprint density at radius 3 is 2.32 bits per heavy atom. The standard InChI is InChI=1S/C12H9F3N2O2/c1-17-10(19)9(16-11(17)12(13,14)15)6-7-2-4-8(18)5-3-7/h2-6,18H,1H3/b9-6-. The van der Waals surface area contributed by atoms with Crippen molar-refractivity contribution in [3.63, 3.8) is 0 Å². The van der Waals surface area contributed by atoms with Gasteiger partial charge in [0.2, 0.25) is 5.84 Å². The number of aromatic hydroxyl groups is 1. The molecule has 1 aliphatic rings. The number of hydrogen-bond donors (Lipinski definition) is 1. The smallest absolute Gasteiger partial charge is 0.449 e. The number of phenolic OH excluding ortho intramolecular Hbond substituents is 1. The Labute approximate surface area is 106 Å². The molecule has 4 nitrogen and oxygen atoms in total. The summed E-state index contributed by atoms with van der Waals surface area (Å²) in [6.07, 6.45) is -3.44. The number of nitrogens with zero attached hydrogens (tertiary/aromatic N) is 2. The number of halogens is 3. The van der Waals surface area contributed by atoms with Crippen LogP contribution in [0.4, 0.5) is 13.2 Å². The highest BCUT2D eigenvalue weighted by Gasteiger charge is 2.45. The molecule has 0 aliphatic carbocycles. The van der Waals surface area contributed by atoms with E-state index in [9.17, 15) is 18.0 Å². The normalized spacial score (nSPS) is 18.1. The second kappa shape index (κ2) is 4.42. The molecule has 0 saturated heterocycles. The minimum absolute atomic E-state index is 0.0245. The van der Waals surface area contributed by atoms with Gasteiger partial charge in [-0.25, -0.2) is 4.99 Å². The van der Waals surface area contributed by atoms with Crippen LogP contribution in [-0.2, 0) is 4.79 Å². The second-order valence-corrected chi connectivity index (χ2v) is 3.92. The molecule has 0 saturated carbocycles. The minimum atomic E-state index is -4.67. The van der Waals surface area contributed by atoms with Crippen molar-refractivity contribution in [2.45, 2.75) is 6.18 Å². The van der Waals surface area contributed by atoms with Gasteiger partial charge in [0, 0.05) is 7.05 Å². The molecule has 2 rings (SSSR count). The number of carbonyl (C=O) groups excluding carboxylic acids is 1. The van der Waals surface area contributed by atoms with Gasteiger partial charge in [-0.2, -0.15) is 13.2 Å². The lowest BCUT2D eigenvalue weighted by Crippen LogP contribution is -2.37. The Bertz CT molecular complexity index is 574. The molecule has 7 heteroatoms. The summed E-state index contributed by atoms with van der Waals surface area (Å²) in [5.41, 5.74) is 0.183. The number of alkyl halides is 3. The van der Waals surface area contributed by atoms with Crippen LogP contribution in [0.2, 0.25) is 0 Å². The van der Waals surface area contributed by atoms with E-state index >= 15 is 0 Å². The summed E-state index contributed by atoms with van der Waals surface area (Å²) in [6.45, 7) is 0. The molecule has 0 fully saturated rings.